The third-order valence-electron chi connectivity index (χ3n) is 4.44. The van der Waals surface area contributed by atoms with Gasteiger partial charge in [-0.3, -0.25) is 4.79 Å². The highest BCUT2D eigenvalue weighted by Crippen LogP contribution is 2.20. The number of rotatable bonds is 5. The Hall–Kier alpha value is -2.93. The maximum Gasteiger partial charge on any atom is 0.338 e. The molecular weight excluding hydrogens is 384 g/mol. The number of aliphatic hydroxyl groups excluding tert-OH is 1. The smallest absolute Gasteiger partial charge is 0.338 e. The fourth-order valence-corrected chi connectivity index (χ4v) is 3.16. The summed E-state index contributed by atoms with van der Waals surface area (Å²) in [5.41, 5.74) is 3.84. The number of benzene rings is 1. The largest absolute Gasteiger partial charge is 0.462 e. The second-order valence-corrected chi connectivity index (χ2v) is 7.10. The van der Waals surface area contributed by atoms with Crippen molar-refractivity contribution < 1.29 is 24.3 Å². The molecular formula is C23H30N2O5. The van der Waals surface area contributed by atoms with E-state index in [9.17, 15) is 9.59 Å². The van der Waals surface area contributed by atoms with Crippen LogP contribution in [0.25, 0.3) is 0 Å². The molecule has 1 aromatic rings. The maximum absolute atomic E-state index is 12.7. The van der Waals surface area contributed by atoms with E-state index >= 15 is 0 Å². The van der Waals surface area contributed by atoms with Crippen LogP contribution in [0.5, 0.6) is 0 Å². The minimum Gasteiger partial charge on any atom is -0.462 e. The van der Waals surface area contributed by atoms with Crippen molar-refractivity contribution in [1.29, 1.82) is 0 Å². The van der Waals surface area contributed by atoms with E-state index in [1.807, 2.05) is 44.2 Å². The normalized spacial score (nSPS) is 18.6. The number of hydrogen-bond donors (Lipinski definition) is 2. The fourth-order valence-electron chi connectivity index (χ4n) is 3.16. The Morgan fingerprint density at radius 2 is 1.97 bits per heavy atom. The van der Waals surface area contributed by atoms with Gasteiger partial charge >= 0.3 is 5.97 Å². The molecule has 0 atom stereocenters. The number of aliphatic hydroxyl groups is 1. The molecule has 0 spiro atoms. The Balaban J connectivity index is 2.28. The molecule has 1 heterocycles. The second-order valence-electron chi connectivity index (χ2n) is 7.10. The number of fused-ring (bicyclic) bond motifs is 1. The number of allylic oxidation sites excluding steroid dienone is 3. The number of amides is 1. The van der Waals surface area contributed by atoms with Gasteiger partial charge in [0.1, 0.15) is 0 Å². The van der Waals surface area contributed by atoms with Crippen molar-refractivity contribution in [1.82, 2.24) is 5.32 Å². The summed E-state index contributed by atoms with van der Waals surface area (Å²) in [4.78, 5) is 29.6. The molecule has 0 saturated heterocycles. The number of esters is 1. The van der Waals surface area contributed by atoms with E-state index in [0.717, 1.165) is 29.5 Å². The number of nitrogens with one attached hydrogen (secondary N) is 1. The van der Waals surface area contributed by atoms with Crippen molar-refractivity contribution in [3.8, 4) is 0 Å². The van der Waals surface area contributed by atoms with Crippen LogP contribution in [0.3, 0.4) is 0 Å². The Bertz CT molecular complexity index is 827. The molecule has 162 valence electrons. The van der Waals surface area contributed by atoms with Crippen LogP contribution < -0.4 is 5.32 Å². The van der Waals surface area contributed by atoms with Crippen LogP contribution in [0, 0.1) is 13.8 Å². The first-order valence-corrected chi connectivity index (χ1v) is 10.2. The highest BCUT2D eigenvalue weighted by atomic mass is 16.6. The molecule has 0 radical (unpaired) electrons. The Morgan fingerprint density at radius 1 is 1.20 bits per heavy atom. The monoisotopic (exact) mass is 414 g/mol. The van der Waals surface area contributed by atoms with Crippen LogP contribution >= 0.6 is 0 Å². The molecule has 0 saturated carbocycles. The van der Waals surface area contributed by atoms with Crippen LogP contribution in [-0.4, -0.2) is 49.1 Å². The number of carbonyl (C=O) groups excluding carboxylic acids is 2. The fraction of sp³-hybridized carbons (Fsp3) is 0.435. The zero-order chi connectivity index (χ0) is 21.8. The highest BCUT2D eigenvalue weighted by Gasteiger charge is 2.18. The van der Waals surface area contributed by atoms with Crippen molar-refractivity contribution in [2.75, 3.05) is 26.4 Å². The van der Waals surface area contributed by atoms with E-state index in [1.165, 1.54) is 0 Å². The predicted octanol–water partition coefficient (Wildman–Crippen LogP) is 2.78. The van der Waals surface area contributed by atoms with Gasteiger partial charge in [-0.1, -0.05) is 41.1 Å². The third-order valence-corrected chi connectivity index (χ3v) is 4.44. The molecule has 7 nitrogen and oxygen atoms in total. The lowest BCUT2D eigenvalue weighted by Crippen LogP contribution is -2.29. The predicted molar refractivity (Wildman–Crippen MR) is 116 cm³/mol. The Labute approximate surface area is 177 Å². The van der Waals surface area contributed by atoms with Gasteiger partial charge in [0.2, 0.25) is 0 Å². The van der Waals surface area contributed by atoms with Crippen LogP contribution in [0.2, 0.25) is 0 Å². The van der Waals surface area contributed by atoms with Crippen molar-refractivity contribution in [2.45, 2.75) is 39.5 Å². The van der Waals surface area contributed by atoms with Gasteiger partial charge in [-0.05, 0) is 50.3 Å². The first-order chi connectivity index (χ1) is 14.5. The lowest BCUT2D eigenvalue weighted by molar-refractivity contribution is -0.125. The van der Waals surface area contributed by atoms with E-state index in [4.69, 9.17) is 14.7 Å². The molecule has 30 heavy (non-hydrogen) atoms. The minimum atomic E-state index is -0.362. The summed E-state index contributed by atoms with van der Waals surface area (Å²) in [6, 6.07) is 3.91. The molecule has 0 fully saturated rings. The number of cyclic esters (lactones) is 1. The molecule has 2 N–H and O–H groups in total. The highest BCUT2D eigenvalue weighted by molar-refractivity contribution is 5.99. The zero-order valence-corrected chi connectivity index (χ0v) is 17.6. The molecule has 7 heteroatoms. The number of aryl methyl sites for hydroxylation is 2. The van der Waals surface area contributed by atoms with Crippen LogP contribution in [0.15, 0.2) is 41.6 Å². The molecule has 1 aliphatic rings. The zero-order valence-electron chi connectivity index (χ0n) is 17.6. The summed E-state index contributed by atoms with van der Waals surface area (Å²) in [6.07, 6.45) is 10.7. The number of nitrogens with zero attached hydrogens (tertiary/aromatic N) is 1. The summed E-state index contributed by atoms with van der Waals surface area (Å²) in [6.45, 7) is 3.99. The van der Waals surface area contributed by atoms with Gasteiger partial charge in [0, 0.05) is 13.0 Å². The van der Waals surface area contributed by atoms with Gasteiger partial charge in [0.15, 0.2) is 6.61 Å². The van der Waals surface area contributed by atoms with Crippen LogP contribution in [0.1, 0.15) is 46.3 Å². The molecule has 0 bridgehead atoms. The maximum atomic E-state index is 12.7. The lowest BCUT2D eigenvalue weighted by atomic mass is 9.95. The average molecular weight is 415 g/mol. The first kappa shape index (κ1) is 23.3. The van der Waals surface area contributed by atoms with Crippen molar-refractivity contribution in [3.05, 3.63) is 58.7 Å². The van der Waals surface area contributed by atoms with E-state index in [-0.39, 0.29) is 31.6 Å². The Kier molecular flexibility index (Phi) is 9.80. The molecule has 1 aliphatic heterocycles. The summed E-state index contributed by atoms with van der Waals surface area (Å²) in [5.74, 6) is -0.709. The minimum absolute atomic E-state index is 0.136. The van der Waals surface area contributed by atoms with Gasteiger partial charge < -0.3 is 20.0 Å². The van der Waals surface area contributed by atoms with Crippen molar-refractivity contribution >= 4 is 17.6 Å². The topological polar surface area (TPSA) is 97.2 Å². The molecule has 0 aromatic heterocycles. The molecule has 0 aliphatic carbocycles. The second kappa shape index (κ2) is 12.6. The van der Waals surface area contributed by atoms with Gasteiger partial charge in [-0.2, -0.15) is 0 Å². The average Bonchev–Trinajstić information content (AvgIpc) is 2.69. The quantitative estimate of drug-likeness (QED) is 0.439. The van der Waals surface area contributed by atoms with Crippen LogP contribution in [0.4, 0.5) is 0 Å². The van der Waals surface area contributed by atoms with E-state index in [0.29, 0.717) is 30.7 Å². The number of hydrogen-bond acceptors (Lipinski definition) is 6. The standard InChI is InChI=1S/C23H30N2O5/c1-17-13-18(2)22-19(14-17)15-20(25-30-16-21(27)24-10-11-26)9-7-5-3-4-6-8-12-29-23(22)28/h4,6-7,9,13-14,26H,3,5,8,10-12,15-16H2,1-2H3,(H,24,27)/b6-4+,9-7+,25-20+. The third kappa shape index (κ3) is 7.83. The summed E-state index contributed by atoms with van der Waals surface area (Å²) in [7, 11) is 0. The summed E-state index contributed by atoms with van der Waals surface area (Å²) >= 11 is 0. The first-order valence-electron chi connectivity index (χ1n) is 10.2. The number of ether oxygens (including phenoxy) is 1. The Morgan fingerprint density at radius 3 is 2.77 bits per heavy atom. The molecule has 1 aromatic carbocycles. The van der Waals surface area contributed by atoms with Crippen molar-refractivity contribution in [3.63, 3.8) is 0 Å². The molecule has 2 rings (SSSR count). The van der Waals surface area contributed by atoms with E-state index < -0.39 is 0 Å². The van der Waals surface area contributed by atoms with Gasteiger partial charge in [0.05, 0.1) is 24.5 Å². The number of carbonyl (C=O) groups is 2. The summed E-state index contributed by atoms with van der Waals surface area (Å²) < 4.78 is 5.47. The van der Waals surface area contributed by atoms with E-state index in [2.05, 4.69) is 16.5 Å². The number of oxime groups is 1. The van der Waals surface area contributed by atoms with Gasteiger partial charge in [0.25, 0.3) is 5.91 Å². The molecule has 1 amide bonds. The lowest BCUT2D eigenvalue weighted by Gasteiger charge is -2.14. The van der Waals surface area contributed by atoms with Crippen molar-refractivity contribution in [2.24, 2.45) is 5.16 Å². The van der Waals surface area contributed by atoms with Gasteiger partial charge in [-0.25, -0.2) is 4.79 Å². The van der Waals surface area contributed by atoms with Crippen LogP contribution in [-0.2, 0) is 20.8 Å². The van der Waals surface area contributed by atoms with Gasteiger partial charge in [-0.15, -0.1) is 0 Å². The SMILES string of the molecule is Cc1cc(C)c2c(c1)CC(=N/OCC(=O)NCCO)/C=C/CC/C=C/CCOC2=O. The summed E-state index contributed by atoms with van der Waals surface area (Å²) in [5, 5.41) is 15.4. The van der Waals surface area contributed by atoms with E-state index in [1.54, 1.807) is 0 Å². The molecule has 0 unspecified atom stereocenters.